The van der Waals surface area contributed by atoms with E-state index in [1.54, 1.807) is 0 Å². The van der Waals surface area contributed by atoms with E-state index >= 15 is 0 Å². The first-order valence-corrected chi connectivity index (χ1v) is 11.3. The fourth-order valence-electron chi connectivity index (χ4n) is 7.74. The van der Waals surface area contributed by atoms with Crippen LogP contribution in [0.25, 0.3) is 0 Å². The number of likely N-dealkylation sites (N-methyl/N-ethyl adjacent to an activating group) is 1. The Bertz CT molecular complexity index is 508. The van der Waals surface area contributed by atoms with E-state index in [2.05, 4.69) is 32.8 Å². The molecule has 0 aromatic rings. The predicted molar refractivity (Wildman–Crippen MR) is 106 cm³/mol. The van der Waals surface area contributed by atoms with E-state index in [1.807, 2.05) is 0 Å². The molecule has 8 unspecified atom stereocenters. The van der Waals surface area contributed by atoms with Gasteiger partial charge in [0.1, 0.15) is 0 Å². The molecule has 4 rings (SSSR count). The van der Waals surface area contributed by atoms with Crippen LogP contribution in [-0.4, -0.2) is 49.5 Å². The molecule has 0 amide bonds. The molecule has 26 heavy (non-hydrogen) atoms. The van der Waals surface area contributed by atoms with Crippen molar-refractivity contribution in [3.63, 3.8) is 0 Å². The molecule has 0 aliphatic heterocycles. The smallest absolute Gasteiger partial charge is 0.0596 e. The zero-order valence-electron chi connectivity index (χ0n) is 17.5. The van der Waals surface area contributed by atoms with Gasteiger partial charge in [-0.1, -0.05) is 13.8 Å². The summed E-state index contributed by atoms with van der Waals surface area (Å²) in [7, 11) is 4.25. The SMILES string of the molecule is CN(C)CCOC1CCC2(C)C(CCC3C4CCC(O)C4(C)CCC32)C1. The quantitative estimate of drug-likeness (QED) is 0.806. The van der Waals surface area contributed by atoms with Crippen LogP contribution in [0.2, 0.25) is 0 Å². The van der Waals surface area contributed by atoms with Gasteiger partial charge in [0.15, 0.2) is 0 Å². The number of hydrogen-bond donors (Lipinski definition) is 1. The number of aliphatic hydroxyl groups is 1. The van der Waals surface area contributed by atoms with Gasteiger partial charge in [-0.3, -0.25) is 0 Å². The molecule has 0 aromatic heterocycles. The summed E-state index contributed by atoms with van der Waals surface area (Å²) in [6.45, 7) is 6.94. The van der Waals surface area contributed by atoms with Crippen LogP contribution in [0.1, 0.15) is 71.6 Å². The lowest BCUT2D eigenvalue weighted by Gasteiger charge is -2.60. The summed E-state index contributed by atoms with van der Waals surface area (Å²) < 4.78 is 6.25. The number of fused-ring (bicyclic) bond motifs is 5. The van der Waals surface area contributed by atoms with Crippen LogP contribution in [-0.2, 0) is 4.74 Å². The van der Waals surface area contributed by atoms with Crippen molar-refractivity contribution in [2.45, 2.75) is 83.8 Å². The third-order valence-corrected chi connectivity index (χ3v) is 9.46. The van der Waals surface area contributed by atoms with Crippen molar-refractivity contribution in [1.82, 2.24) is 4.90 Å². The molecule has 4 saturated carbocycles. The molecular weight excluding hydrogens is 322 g/mol. The third kappa shape index (κ3) is 3.06. The minimum absolute atomic E-state index is 0.0418. The molecule has 4 aliphatic rings. The van der Waals surface area contributed by atoms with E-state index in [1.165, 1.54) is 51.4 Å². The zero-order valence-corrected chi connectivity index (χ0v) is 17.5. The van der Waals surface area contributed by atoms with Crippen molar-refractivity contribution in [2.24, 2.45) is 34.5 Å². The van der Waals surface area contributed by atoms with Crippen molar-refractivity contribution in [3.8, 4) is 0 Å². The molecule has 150 valence electrons. The van der Waals surface area contributed by atoms with Crippen molar-refractivity contribution in [1.29, 1.82) is 0 Å². The van der Waals surface area contributed by atoms with Crippen LogP contribution < -0.4 is 0 Å². The highest BCUT2D eigenvalue weighted by molar-refractivity contribution is 5.09. The topological polar surface area (TPSA) is 32.7 Å². The number of aliphatic hydroxyl groups excluding tert-OH is 1. The lowest BCUT2D eigenvalue weighted by molar-refractivity contribution is -0.140. The van der Waals surface area contributed by atoms with Gasteiger partial charge in [-0.05, 0) is 106 Å². The first kappa shape index (κ1) is 19.2. The minimum atomic E-state index is -0.0418. The number of nitrogens with zero attached hydrogens (tertiary/aromatic N) is 1. The molecule has 3 heteroatoms. The van der Waals surface area contributed by atoms with E-state index in [0.717, 1.165) is 43.2 Å². The van der Waals surface area contributed by atoms with Gasteiger partial charge >= 0.3 is 0 Å². The van der Waals surface area contributed by atoms with E-state index < -0.39 is 0 Å². The third-order valence-electron chi connectivity index (χ3n) is 9.46. The highest BCUT2D eigenvalue weighted by atomic mass is 16.5. The highest BCUT2D eigenvalue weighted by Crippen LogP contribution is 2.66. The number of rotatable bonds is 4. The van der Waals surface area contributed by atoms with Crippen LogP contribution >= 0.6 is 0 Å². The Hall–Kier alpha value is -0.120. The Kier molecular flexibility index (Phi) is 5.20. The molecule has 4 aliphatic carbocycles. The number of ether oxygens (including phenoxy) is 1. The molecule has 0 spiro atoms. The highest BCUT2D eigenvalue weighted by Gasteiger charge is 2.60. The monoisotopic (exact) mass is 363 g/mol. The largest absolute Gasteiger partial charge is 0.393 e. The van der Waals surface area contributed by atoms with Crippen molar-refractivity contribution >= 4 is 0 Å². The maximum Gasteiger partial charge on any atom is 0.0596 e. The molecule has 4 fully saturated rings. The second kappa shape index (κ2) is 7.04. The van der Waals surface area contributed by atoms with Crippen LogP contribution in [0.4, 0.5) is 0 Å². The van der Waals surface area contributed by atoms with Crippen LogP contribution in [0.5, 0.6) is 0 Å². The standard InChI is InChI=1S/C23H41NO2/c1-22-11-9-17(26-14-13-24(3)4)15-16(22)5-6-18-19-7-8-21(25)23(19,2)12-10-20(18)22/h16-21,25H,5-15H2,1-4H3. The second-order valence-corrected chi connectivity index (χ2v) is 10.9. The van der Waals surface area contributed by atoms with E-state index in [0.29, 0.717) is 11.5 Å². The summed E-state index contributed by atoms with van der Waals surface area (Å²) in [5.74, 6) is 3.41. The second-order valence-electron chi connectivity index (χ2n) is 10.9. The van der Waals surface area contributed by atoms with E-state index in [9.17, 15) is 5.11 Å². The first-order chi connectivity index (χ1) is 12.3. The van der Waals surface area contributed by atoms with Crippen LogP contribution in [0, 0.1) is 34.5 Å². The molecule has 0 heterocycles. The van der Waals surface area contributed by atoms with Crippen molar-refractivity contribution < 1.29 is 9.84 Å². The van der Waals surface area contributed by atoms with Gasteiger partial charge in [0.25, 0.3) is 0 Å². The number of hydrogen-bond acceptors (Lipinski definition) is 3. The molecule has 0 aromatic carbocycles. The van der Waals surface area contributed by atoms with Crippen molar-refractivity contribution in [3.05, 3.63) is 0 Å². The van der Waals surface area contributed by atoms with Gasteiger partial charge in [0.2, 0.25) is 0 Å². The summed E-state index contributed by atoms with van der Waals surface area (Å²) in [6.07, 6.45) is 12.1. The van der Waals surface area contributed by atoms with Gasteiger partial charge in [-0.15, -0.1) is 0 Å². The molecule has 0 radical (unpaired) electrons. The average Bonchev–Trinajstić information content (AvgIpc) is 2.90. The predicted octanol–water partition coefficient (Wildman–Crippen LogP) is 4.34. The summed E-state index contributed by atoms with van der Waals surface area (Å²) in [5, 5.41) is 10.6. The fourth-order valence-corrected chi connectivity index (χ4v) is 7.74. The van der Waals surface area contributed by atoms with Crippen molar-refractivity contribution in [2.75, 3.05) is 27.2 Å². The van der Waals surface area contributed by atoms with Gasteiger partial charge in [0, 0.05) is 6.54 Å². The molecule has 8 atom stereocenters. The Morgan fingerprint density at radius 1 is 0.923 bits per heavy atom. The van der Waals surface area contributed by atoms with E-state index in [4.69, 9.17) is 4.74 Å². The van der Waals surface area contributed by atoms with Gasteiger partial charge < -0.3 is 14.7 Å². The normalized spacial score (nSPS) is 51.0. The van der Waals surface area contributed by atoms with Crippen LogP contribution in [0.3, 0.4) is 0 Å². The Balaban J connectivity index is 1.42. The lowest BCUT2D eigenvalue weighted by Crippen LogP contribution is -2.54. The van der Waals surface area contributed by atoms with Gasteiger partial charge in [0.05, 0.1) is 18.8 Å². The maximum absolute atomic E-state index is 10.6. The molecule has 0 saturated heterocycles. The van der Waals surface area contributed by atoms with Crippen LogP contribution in [0.15, 0.2) is 0 Å². The fraction of sp³-hybridized carbons (Fsp3) is 1.00. The molecule has 1 N–H and O–H groups in total. The Morgan fingerprint density at radius 2 is 1.65 bits per heavy atom. The maximum atomic E-state index is 10.6. The van der Waals surface area contributed by atoms with E-state index in [-0.39, 0.29) is 11.5 Å². The van der Waals surface area contributed by atoms with Gasteiger partial charge in [-0.2, -0.15) is 0 Å². The lowest BCUT2D eigenvalue weighted by atomic mass is 9.45. The minimum Gasteiger partial charge on any atom is -0.393 e. The molecule has 3 nitrogen and oxygen atoms in total. The summed E-state index contributed by atoms with van der Waals surface area (Å²) >= 11 is 0. The summed E-state index contributed by atoms with van der Waals surface area (Å²) in [4.78, 5) is 2.22. The van der Waals surface area contributed by atoms with Gasteiger partial charge in [-0.25, -0.2) is 0 Å². The zero-order chi connectivity index (χ0) is 18.5. The Morgan fingerprint density at radius 3 is 2.42 bits per heavy atom. The molecular formula is C23H41NO2. The first-order valence-electron chi connectivity index (χ1n) is 11.3. The Labute approximate surface area is 160 Å². The summed E-state index contributed by atoms with van der Waals surface area (Å²) in [6, 6.07) is 0. The summed E-state index contributed by atoms with van der Waals surface area (Å²) in [5.41, 5.74) is 0.746. The average molecular weight is 364 g/mol. The molecule has 0 bridgehead atoms.